The third kappa shape index (κ3) is 5.00. The molecule has 0 radical (unpaired) electrons. The number of likely N-dealkylation sites (tertiary alicyclic amines) is 1. The van der Waals surface area contributed by atoms with Gasteiger partial charge in [0.05, 0.1) is 6.42 Å². The van der Waals surface area contributed by atoms with E-state index in [0.717, 1.165) is 43.7 Å². The van der Waals surface area contributed by atoms with Gasteiger partial charge >= 0.3 is 0 Å². The first-order valence-corrected chi connectivity index (χ1v) is 11.6. The van der Waals surface area contributed by atoms with Crippen molar-refractivity contribution in [3.05, 3.63) is 65.7 Å². The Labute approximate surface area is 195 Å². The highest BCUT2D eigenvalue weighted by atomic mass is 32.1. The van der Waals surface area contributed by atoms with E-state index in [1.54, 1.807) is 7.05 Å². The van der Waals surface area contributed by atoms with E-state index in [9.17, 15) is 9.59 Å². The highest BCUT2D eigenvalue weighted by Gasteiger charge is 2.45. The molecule has 4 rings (SSSR count). The third-order valence-corrected chi connectivity index (χ3v) is 6.86. The van der Waals surface area contributed by atoms with Gasteiger partial charge < -0.3 is 10.2 Å². The summed E-state index contributed by atoms with van der Waals surface area (Å²) >= 11 is 5.62. The minimum atomic E-state index is -0.538. The maximum atomic E-state index is 12.9. The van der Waals surface area contributed by atoms with Crippen LogP contribution in [-0.2, 0) is 16.1 Å². The van der Waals surface area contributed by atoms with Crippen LogP contribution in [0, 0.1) is 6.92 Å². The Kier molecular flexibility index (Phi) is 6.86. The largest absolute Gasteiger partial charge is 0.333 e. The summed E-state index contributed by atoms with van der Waals surface area (Å²) in [6, 6.07) is 17.8. The van der Waals surface area contributed by atoms with Gasteiger partial charge in [0.15, 0.2) is 5.11 Å². The molecule has 2 aromatic rings. The standard InChI is InChI=1S/C25H30N4O2S/c1-18-8-10-20(11-9-18)26-23(30)16-22-24(31)27(2)25(32)29(22)21-12-14-28(15-13-21)17-19-6-4-3-5-7-19/h3-11,21-22H,12-17H2,1-2H3,(H,26,30). The van der Waals surface area contributed by atoms with Crippen LogP contribution in [0.1, 0.15) is 30.4 Å². The molecule has 0 saturated carbocycles. The molecule has 6 nitrogen and oxygen atoms in total. The zero-order chi connectivity index (χ0) is 22.7. The molecular formula is C25H30N4O2S. The van der Waals surface area contributed by atoms with Gasteiger partial charge in [-0.1, -0.05) is 48.0 Å². The van der Waals surface area contributed by atoms with Crippen molar-refractivity contribution < 1.29 is 9.59 Å². The number of carbonyl (C=O) groups excluding carboxylic acids is 2. The van der Waals surface area contributed by atoms with Crippen LogP contribution in [0.5, 0.6) is 0 Å². The minimum absolute atomic E-state index is 0.0965. The van der Waals surface area contributed by atoms with Crippen molar-refractivity contribution in [1.29, 1.82) is 0 Å². The van der Waals surface area contributed by atoms with Gasteiger partial charge in [0, 0.05) is 38.4 Å². The predicted octanol–water partition coefficient (Wildman–Crippen LogP) is 3.42. The van der Waals surface area contributed by atoms with E-state index in [1.807, 2.05) is 42.2 Å². The fourth-order valence-electron chi connectivity index (χ4n) is 4.56. The highest BCUT2D eigenvalue weighted by Crippen LogP contribution is 2.28. The van der Waals surface area contributed by atoms with Crippen molar-refractivity contribution in [2.45, 2.75) is 44.8 Å². The number of anilines is 1. The zero-order valence-electron chi connectivity index (χ0n) is 18.7. The summed E-state index contributed by atoms with van der Waals surface area (Å²) in [4.78, 5) is 31.6. The van der Waals surface area contributed by atoms with Crippen LogP contribution in [0.3, 0.4) is 0 Å². The first-order valence-electron chi connectivity index (χ1n) is 11.1. The molecule has 1 atom stereocenters. The van der Waals surface area contributed by atoms with E-state index in [2.05, 4.69) is 34.5 Å². The quantitative estimate of drug-likeness (QED) is 0.684. The summed E-state index contributed by atoms with van der Waals surface area (Å²) in [6.45, 7) is 4.82. The second kappa shape index (κ2) is 9.79. The Bertz CT molecular complexity index is 971. The van der Waals surface area contributed by atoms with Crippen LogP contribution < -0.4 is 5.32 Å². The average molecular weight is 451 g/mol. The van der Waals surface area contributed by atoms with Crippen molar-refractivity contribution in [1.82, 2.24) is 14.7 Å². The number of amides is 2. The van der Waals surface area contributed by atoms with Crippen molar-refractivity contribution in [3.63, 3.8) is 0 Å². The lowest BCUT2D eigenvalue weighted by Crippen LogP contribution is -2.49. The monoisotopic (exact) mass is 450 g/mol. The van der Waals surface area contributed by atoms with E-state index < -0.39 is 6.04 Å². The van der Waals surface area contributed by atoms with E-state index in [-0.39, 0.29) is 24.3 Å². The fourth-order valence-corrected chi connectivity index (χ4v) is 4.93. The van der Waals surface area contributed by atoms with Crippen LogP contribution in [-0.4, -0.2) is 63.8 Å². The van der Waals surface area contributed by atoms with Crippen LogP contribution in [0.2, 0.25) is 0 Å². The number of carbonyl (C=O) groups is 2. The van der Waals surface area contributed by atoms with Crippen LogP contribution in [0.4, 0.5) is 5.69 Å². The molecule has 2 fully saturated rings. The molecular weight excluding hydrogens is 420 g/mol. The Morgan fingerprint density at radius 2 is 1.72 bits per heavy atom. The summed E-state index contributed by atoms with van der Waals surface area (Å²) in [5.41, 5.74) is 3.18. The molecule has 2 aliphatic heterocycles. The summed E-state index contributed by atoms with van der Waals surface area (Å²) in [5, 5.41) is 3.45. The second-order valence-corrected chi connectivity index (χ2v) is 9.08. The van der Waals surface area contributed by atoms with Crippen molar-refractivity contribution in [2.24, 2.45) is 0 Å². The Hall–Kier alpha value is -2.77. The molecule has 0 bridgehead atoms. The molecule has 2 aliphatic rings. The molecule has 7 heteroatoms. The number of likely N-dealkylation sites (N-methyl/N-ethyl adjacent to an activating group) is 1. The van der Waals surface area contributed by atoms with E-state index in [1.165, 1.54) is 10.5 Å². The number of hydrogen-bond acceptors (Lipinski definition) is 4. The maximum Gasteiger partial charge on any atom is 0.251 e. The van der Waals surface area contributed by atoms with E-state index >= 15 is 0 Å². The number of benzene rings is 2. The molecule has 0 aromatic heterocycles. The summed E-state index contributed by atoms with van der Waals surface area (Å²) < 4.78 is 0. The molecule has 168 valence electrons. The topological polar surface area (TPSA) is 55.9 Å². The summed E-state index contributed by atoms with van der Waals surface area (Å²) in [7, 11) is 1.71. The molecule has 32 heavy (non-hydrogen) atoms. The van der Waals surface area contributed by atoms with Gasteiger partial charge in [-0.15, -0.1) is 0 Å². The molecule has 2 saturated heterocycles. The number of nitrogens with zero attached hydrogens (tertiary/aromatic N) is 3. The third-order valence-electron chi connectivity index (χ3n) is 6.37. The number of nitrogens with one attached hydrogen (secondary N) is 1. The number of rotatable bonds is 6. The first-order chi connectivity index (χ1) is 15.4. The first kappa shape index (κ1) is 22.4. The number of hydrogen-bond donors (Lipinski definition) is 1. The Morgan fingerprint density at radius 1 is 1.06 bits per heavy atom. The van der Waals surface area contributed by atoms with Crippen LogP contribution >= 0.6 is 12.2 Å². The maximum absolute atomic E-state index is 12.9. The molecule has 1 N–H and O–H groups in total. The van der Waals surface area contributed by atoms with Gasteiger partial charge in [0.2, 0.25) is 5.91 Å². The minimum Gasteiger partial charge on any atom is -0.333 e. The fraction of sp³-hybridized carbons (Fsp3) is 0.400. The van der Waals surface area contributed by atoms with E-state index in [4.69, 9.17) is 12.2 Å². The molecule has 2 amide bonds. The molecule has 2 heterocycles. The lowest BCUT2D eigenvalue weighted by Gasteiger charge is -2.39. The summed E-state index contributed by atoms with van der Waals surface area (Å²) in [6.07, 6.45) is 1.94. The number of thiocarbonyl (C=S) groups is 1. The normalized spacial score (nSPS) is 20.1. The molecule has 2 aromatic carbocycles. The van der Waals surface area contributed by atoms with Crippen LogP contribution in [0.15, 0.2) is 54.6 Å². The van der Waals surface area contributed by atoms with Gasteiger partial charge in [-0.05, 0) is 49.7 Å². The van der Waals surface area contributed by atoms with Gasteiger partial charge in [0.25, 0.3) is 5.91 Å². The van der Waals surface area contributed by atoms with Gasteiger partial charge in [0.1, 0.15) is 6.04 Å². The zero-order valence-corrected chi connectivity index (χ0v) is 19.5. The van der Waals surface area contributed by atoms with Gasteiger partial charge in [-0.25, -0.2) is 0 Å². The summed E-state index contributed by atoms with van der Waals surface area (Å²) in [5.74, 6) is -0.266. The van der Waals surface area contributed by atoms with Gasteiger partial charge in [-0.2, -0.15) is 0 Å². The molecule has 1 unspecified atom stereocenters. The number of piperidine rings is 1. The highest BCUT2D eigenvalue weighted by molar-refractivity contribution is 7.80. The smallest absolute Gasteiger partial charge is 0.251 e. The second-order valence-electron chi connectivity index (χ2n) is 8.71. The predicted molar refractivity (Wildman–Crippen MR) is 130 cm³/mol. The Morgan fingerprint density at radius 3 is 2.38 bits per heavy atom. The SMILES string of the molecule is Cc1ccc(NC(=O)CC2C(=O)N(C)C(=S)N2C2CCN(Cc3ccccc3)CC2)cc1. The molecule has 0 aliphatic carbocycles. The van der Waals surface area contributed by atoms with Crippen molar-refractivity contribution >= 4 is 34.8 Å². The number of aryl methyl sites for hydroxylation is 1. The van der Waals surface area contributed by atoms with E-state index in [0.29, 0.717) is 5.11 Å². The Balaban J connectivity index is 1.39. The van der Waals surface area contributed by atoms with Crippen LogP contribution in [0.25, 0.3) is 0 Å². The molecule has 0 spiro atoms. The average Bonchev–Trinajstić information content (AvgIpc) is 3.00. The van der Waals surface area contributed by atoms with Gasteiger partial charge in [-0.3, -0.25) is 19.4 Å². The van der Waals surface area contributed by atoms with Crippen molar-refractivity contribution in [3.8, 4) is 0 Å². The lowest BCUT2D eigenvalue weighted by atomic mass is 10.00. The lowest BCUT2D eigenvalue weighted by molar-refractivity contribution is -0.130. The van der Waals surface area contributed by atoms with Crippen molar-refractivity contribution in [2.75, 3.05) is 25.5 Å².